The number of rotatable bonds is 5. The molecule has 8 heteroatoms. The Morgan fingerprint density at radius 2 is 2.13 bits per heavy atom. The molecule has 0 radical (unpaired) electrons. The van der Waals surface area contributed by atoms with E-state index in [1.54, 1.807) is 11.3 Å². The fraction of sp³-hybridized carbons (Fsp3) is 0.364. The normalized spacial score (nSPS) is 16.8. The van der Waals surface area contributed by atoms with Crippen molar-refractivity contribution >= 4 is 34.0 Å². The summed E-state index contributed by atoms with van der Waals surface area (Å²) >= 11 is 1.62. The third-order valence-electron chi connectivity index (χ3n) is 5.32. The molecule has 2 N–H and O–H groups in total. The zero-order valence-corrected chi connectivity index (χ0v) is 17.7. The van der Waals surface area contributed by atoms with Crippen LogP contribution in [0.1, 0.15) is 36.4 Å². The number of anilines is 3. The van der Waals surface area contributed by atoms with E-state index >= 15 is 0 Å². The number of nitrogens with one attached hydrogen (secondary N) is 2. The number of benzene rings is 1. The van der Waals surface area contributed by atoms with E-state index in [4.69, 9.17) is 0 Å². The second-order valence-electron chi connectivity index (χ2n) is 7.92. The summed E-state index contributed by atoms with van der Waals surface area (Å²) < 4.78 is 0. The Morgan fingerprint density at radius 1 is 1.23 bits per heavy atom. The van der Waals surface area contributed by atoms with Gasteiger partial charge in [-0.3, -0.25) is 4.79 Å². The highest BCUT2D eigenvalue weighted by Gasteiger charge is 2.25. The fourth-order valence-electron chi connectivity index (χ4n) is 3.68. The highest BCUT2D eigenvalue weighted by molar-refractivity contribution is 7.18. The number of amides is 1. The van der Waals surface area contributed by atoms with Crippen LogP contribution in [-0.2, 0) is 4.79 Å². The van der Waals surface area contributed by atoms with Crippen LogP contribution in [-0.4, -0.2) is 40.5 Å². The van der Waals surface area contributed by atoms with Crippen LogP contribution in [0, 0.1) is 6.92 Å². The predicted molar refractivity (Wildman–Crippen MR) is 119 cm³/mol. The highest BCUT2D eigenvalue weighted by atomic mass is 32.1. The molecule has 1 amide bonds. The zero-order chi connectivity index (χ0) is 20.5. The molecule has 7 nitrogen and oxygen atoms in total. The lowest BCUT2D eigenvalue weighted by molar-refractivity contribution is -0.119. The minimum Gasteiger partial charge on any atom is -0.354 e. The van der Waals surface area contributed by atoms with Crippen LogP contribution >= 0.6 is 11.3 Å². The Kier molecular flexibility index (Phi) is 5.08. The molecule has 0 unspecified atom stereocenters. The Labute approximate surface area is 179 Å². The second kappa shape index (κ2) is 8.02. The Hall–Kier alpha value is -3.00. The average molecular weight is 421 g/mol. The minimum atomic E-state index is 0.0553. The van der Waals surface area contributed by atoms with Crippen LogP contribution in [0.25, 0.3) is 10.4 Å². The van der Waals surface area contributed by atoms with Crippen LogP contribution in [0.2, 0.25) is 0 Å². The first-order valence-corrected chi connectivity index (χ1v) is 11.2. The highest BCUT2D eigenvalue weighted by Crippen LogP contribution is 2.39. The summed E-state index contributed by atoms with van der Waals surface area (Å²) in [4.78, 5) is 28.7. The van der Waals surface area contributed by atoms with Crippen LogP contribution in [0.4, 0.5) is 16.8 Å². The lowest BCUT2D eigenvalue weighted by Crippen LogP contribution is -2.32. The van der Waals surface area contributed by atoms with Gasteiger partial charge in [0.1, 0.15) is 0 Å². The molecule has 2 aromatic heterocycles. The number of aromatic nitrogens is 3. The van der Waals surface area contributed by atoms with Crippen LogP contribution in [0.3, 0.4) is 0 Å². The first-order valence-electron chi connectivity index (χ1n) is 10.3. The minimum absolute atomic E-state index is 0.0553. The maximum atomic E-state index is 11.9. The van der Waals surface area contributed by atoms with E-state index in [0.717, 1.165) is 52.0 Å². The predicted octanol–water partition coefficient (Wildman–Crippen LogP) is 3.86. The molecule has 0 atom stereocenters. The summed E-state index contributed by atoms with van der Waals surface area (Å²) in [6.07, 6.45) is 7.09. The van der Waals surface area contributed by atoms with Crippen molar-refractivity contribution in [1.82, 2.24) is 20.3 Å². The molecule has 2 fully saturated rings. The smallest absolute Gasteiger partial charge is 0.239 e. The third-order valence-corrected chi connectivity index (χ3v) is 6.42. The van der Waals surface area contributed by atoms with E-state index in [1.165, 1.54) is 12.8 Å². The molecule has 1 aliphatic heterocycles. The summed E-state index contributed by atoms with van der Waals surface area (Å²) in [5.41, 5.74) is 4.33. The average Bonchev–Trinajstić information content (AvgIpc) is 3.50. The number of hydrogen-bond acceptors (Lipinski definition) is 7. The fourth-order valence-corrected chi connectivity index (χ4v) is 4.61. The van der Waals surface area contributed by atoms with Gasteiger partial charge in [0.15, 0.2) is 5.13 Å². The number of thiazole rings is 1. The van der Waals surface area contributed by atoms with Gasteiger partial charge in [0.25, 0.3) is 0 Å². The van der Waals surface area contributed by atoms with Crippen molar-refractivity contribution in [2.24, 2.45) is 0 Å². The molecule has 1 aliphatic carbocycles. The quantitative estimate of drug-likeness (QED) is 0.652. The van der Waals surface area contributed by atoms with Crippen LogP contribution < -0.4 is 15.5 Å². The van der Waals surface area contributed by atoms with Gasteiger partial charge in [-0.25, -0.2) is 15.0 Å². The van der Waals surface area contributed by atoms with Gasteiger partial charge in [-0.05, 0) is 55.5 Å². The Morgan fingerprint density at radius 3 is 3.00 bits per heavy atom. The van der Waals surface area contributed by atoms with E-state index < -0.39 is 0 Å². The van der Waals surface area contributed by atoms with Crippen molar-refractivity contribution in [3.05, 3.63) is 47.9 Å². The number of carbonyl (C=O) groups excluding carboxylic acids is 1. The SMILES string of the molecule is Cc1cc(Nc2nccc(C3CC3)n2)cc(-c2cnc(N3CCCNC(=O)C3)s2)c1. The number of aryl methyl sites for hydroxylation is 1. The maximum Gasteiger partial charge on any atom is 0.239 e. The summed E-state index contributed by atoms with van der Waals surface area (Å²) in [5.74, 6) is 1.29. The van der Waals surface area contributed by atoms with Crippen molar-refractivity contribution in [2.75, 3.05) is 29.9 Å². The van der Waals surface area contributed by atoms with E-state index in [-0.39, 0.29) is 5.91 Å². The number of nitrogens with zero attached hydrogens (tertiary/aromatic N) is 4. The largest absolute Gasteiger partial charge is 0.354 e. The molecule has 1 saturated carbocycles. The first kappa shape index (κ1) is 19.0. The molecule has 30 heavy (non-hydrogen) atoms. The van der Waals surface area contributed by atoms with E-state index in [0.29, 0.717) is 18.4 Å². The van der Waals surface area contributed by atoms with Crippen molar-refractivity contribution < 1.29 is 4.79 Å². The Balaban J connectivity index is 1.38. The lowest BCUT2D eigenvalue weighted by atomic mass is 10.1. The molecule has 1 saturated heterocycles. The standard InChI is InChI=1S/C22H24N6OS/c1-14-9-16(19-12-25-22(30-19)28-8-2-6-23-20(29)13-28)11-17(10-14)26-21-24-7-5-18(27-21)15-3-4-15/h5,7,9-12,15H,2-4,6,8,13H2,1H3,(H,23,29)(H,24,26,27). The first-order chi connectivity index (χ1) is 14.6. The molecule has 3 aromatic rings. The molecular weight excluding hydrogens is 396 g/mol. The van der Waals surface area contributed by atoms with Crippen molar-refractivity contribution in [1.29, 1.82) is 0 Å². The molecule has 3 heterocycles. The Bertz CT molecular complexity index is 1080. The zero-order valence-electron chi connectivity index (χ0n) is 16.9. The molecular formula is C22H24N6OS. The molecule has 1 aromatic carbocycles. The monoisotopic (exact) mass is 420 g/mol. The second-order valence-corrected chi connectivity index (χ2v) is 8.93. The molecule has 154 valence electrons. The molecule has 0 spiro atoms. The van der Waals surface area contributed by atoms with Gasteiger partial charge in [0, 0.05) is 42.8 Å². The molecule has 2 aliphatic rings. The third kappa shape index (κ3) is 4.28. The van der Waals surface area contributed by atoms with E-state index in [1.807, 2.05) is 18.5 Å². The van der Waals surface area contributed by atoms with Crippen molar-refractivity contribution in [3.63, 3.8) is 0 Å². The van der Waals surface area contributed by atoms with Gasteiger partial charge in [0.05, 0.1) is 11.4 Å². The maximum absolute atomic E-state index is 11.9. The van der Waals surface area contributed by atoms with E-state index in [2.05, 4.69) is 55.6 Å². The van der Waals surface area contributed by atoms with Gasteiger partial charge in [-0.1, -0.05) is 17.4 Å². The van der Waals surface area contributed by atoms with Gasteiger partial charge in [-0.2, -0.15) is 0 Å². The molecule has 0 bridgehead atoms. The topological polar surface area (TPSA) is 83.0 Å². The van der Waals surface area contributed by atoms with Crippen LogP contribution in [0.5, 0.6) is 0 Å². The lowest BCUT2D eigenvalue weighted by Gasteiger charge is -2.17. The van der Waals surface area contributed by atoms with Crippen molar-refractivity contribution in [3.8, 4) is 10.4 Å². The summed E-state index contributed by atoms with van der Waals surface area (Å²) in [7, 11) is 0. The summed E-state index contributed by atoms with van der Waals surface area (Å²) in [6.45, 7) is 4.00. The van der Waals surface area contributed by atoms with Crippen LogP contribution in [0.15, 0.2) is 36.7 Å². The van der Waals surface area contributed by atoms with E-state index in [9.17, 15) is 4.79 Å². The van der Waals surface area contributed by atoms with Gasteiger partial charge in [0.2, 0.25) is 11.9 Å². The van der Waals surface area contributed by atoms with Gasteiger partial charge < -0.3 is 15.5 Å². The van der Waals surface area contributed by atoms with Gasteiger partial charge >= 0.3 is 0 Å². The number of carbonyl (C=O) groups is 1. The summed E-state index contributed by atoms with van der Waals surface area (Å²) in [6, 6.07) is 8.36. The molecule has 5 rings (SSSR count). The van der Waals surface area contributed by atoms with Crippen molar-refractivity contribution in [2.45, 2.75) is 32.1 Å². The number of hydrogen-bond donors (Lipinski definition) is 2. The van der Waals surface area contributed by atoms with Gasteiger partial charge in [-0.15, -0.1) is 0 Å². The summed E-state index contributed by atoms with van der Waals surface area (Å²) in [5, 5.41) is 7.16.